The minimum atomic E-state index is -0.388. The average Bonchev–Trinajstić information content (AvgIpc) is 3.29. The lowest BCUT2D eigenvalue weighted by molar-refractivity contribution is -0.119. The van der Waals surface area contributed by atoms with Crippen molar-refractivity contribution < 1.29 is 28.5 Å². The summed E-state index contributed by atoms with van der Waals surface area (Å²) >= 11 is 0. The molecule has 2 aromatic heterocycles. The maximum atomic E-state index is 12.6. The summed E-state index contributed by atoms with van der Waals surface area (Å²) in [4.78, 5) is 35.1. The average molecular weight is 507 g/mol. The molecule has 0 saturated carbocycles. The van der Waals surface area contributed by atoms with Gasteiger partial charge in [-0.1, -0.05) is 0 Å². The minimum Gasteiger partial charge on any atom is -0.486 e. The zero-order valence-corrected chi connectivity index (χ0v) is 20.9. The van der Waals surface area contributed by atoms with Crippen LogP contribution in [0.2, 0.25) is 0 Å². The summed E-state index contributed by atoms with van der Waals surface area (Å²) in [7, 11) is 1.59. The number of anilines is 1. The van der Waals surface area contributed by atoms with Gasteiger partial charge in [-0.25, -0.2) is 9.78 Å². The highest BCUT2D eigenvalue weighted by molar-refractivity contribution is 5.90. The topological polar surface area (TPSA) is 112 Å². The highest BCUT2D eigenvalue weighted by Gasteiger charge is 2.33. The Balaban J connectivity index is 1.21. The molecule has 0 radical (unpaired) electrons. The SMILES string of the molecule is COc1ccc2nccc(CC[C@H](CCC3CN(c4ccc5c(c4)OCCO5)C(=O)O3)NC(C)=O)c2n1. The van der Waals surface area contributed by atoms with Gasteiger partial charge in [0.05, 0.1) is 30.4 Å². The largest absolute Gasteiger partial charge is 0.486 e. The molecule has 4 heterocycles. The third kappa shape index (κ3) is 5.68. The van der Waals surface area contributed by atoms with Gasteiger partial charge in [-0.2, -0.15) is 0 Å². The Morgan fingerprint density at radius 3 is 2.81 bits per heavy atom. The maximum absolute atomic E-state index is 12.6. The molecular weight excluding hydrogens is 476 g/mol. The number of rotatable bonds is 9. The van der Waals surface area contributed by atoms with Gasteiger partial charge in [0.2, 0.25) is 11.8 Å². The number of hydrogen-bond donors (Lipinski definition) is 1. The third-order valence-electron chi connectivity index (χ3n) is 6.57. The summed E-state index contributed by atoms with van der Waals surface area (Å²) in [6.07, 6.45) is 3.82. The van der Waals surface area contributed by atoms with Crippen LogP contribution in [0.5, 0.6) is 17.4 Å². The fourth-order valence-corrected chi connectivity index (χ4v) is 4.75. The lowest BCUT2D eigenvalue weighted by atomic mass is 9.99. The first-order valence-electron chi connectivity index (χ1n) is 12.4. The second kappa shape index (κ2) is 10.9. The van der Waals surface area contributed by atoms with Gasteiger partial charge in [-0.05, 0) is 55.5 Å². The number of carbonyl (C=O) groups is 2. The zero-order valence-electron chi connectivity index (χ0n) is 20.9. The Hall–Kier alpha value is -4.08. The molecule has 0 aliphatic carbocycles. The summed E-state index contributed by atoms with van der Waals surface area (Å²) in [5, 5.41) is 3.05. The first-order chi connectivity index (χ1) is 18.0. The Bertz CT molecular complexity index is 1300. The molecule has 2 aliphatic heterocycles. The van der Waals surface area contributed by atoms with Crippen molar-refractivity contribution in [2.45, 2.75) is 44.8 Å². The molecule has 0 bridgehead atoms. The zero-order chi connectivity index (χ0) is 25.8. The Morgan fingerprint density at radius 2 is 2.00 bits per heavy atom. The van der Waals surface area contributed by atoms with Gasteiger partial charge >= 0.3 is 6.09 Å². The van der Waals surface area contributed by atoms with Gasteiger partial charge in [-0.3, -0.25) is 14.7 Å². The van der Waals surface area contributed by atoms with Crippen LogP contribution in [0.1, 0.15) is 31.7 Å². The van der Waals surface area contributed by atoms with E-state index in [4.69, 9.17) is 18.9 Å². The highest BCUT2D eigenvalue weighted by Crippen LogP contribution is 2.35. The molecule has 2 atom stereocenters. The van der Waals surface area contributed by atoms with Crippen molar-refractivity contribution in [2.24, 2.45) is 0 Å². The van der Waals surface area contributed by atoms with Crippen LogP contribution in [-0.2, 0) is 16.0 Å². The Morgan fingerprint density at radius 1 is 1.16 bits per heavy atom. The second-order valence-electron chi connectivity index (χ2n) is 9.15. The van der Waals surface area contributed by atoms with Crippen LogP contribution in [0.3, 0.4) is 0 Å². The molecule has 1 aromatic carbocycles. The number of fused-ring (bicyclic) bond motifs is 2. The molecule has 1 saturated heterocycles. The number of cyclic esters (lactones) is 1. The number of pyridine rings is 2. The maximum Gasteiger partial charge on any atom is 0.414 e. The first kappa shape index (κ1) is 24.6. The third-order valence-corrected chi connectivity index (χ3v) is 6.57. The second-order valence-corrected chi connectivity index (χ2v) is 9.15. The van der Waals surface area contributed by atoms with E-state index in [0.717, 1.165) is 16.6 Å². The fraction of sp³-hybridized carbons (Fsp3) is 0.407. The van der Waals surface area contributed by atoms with E-state index >= 15 is 0 Å². The smallest absolute Gasteiger partial charge is 0.414 e. The summed E-state index contributed by atoms with van der Waals surface area (Å²) in [6.45, 7) is 2.94. The quantitative estimate of drug-likeness (QED) is 0.468. The molecule has 194 valence electrons. The van der Waals surface area contributed by atoms with E-state index < -0.39 is 0 Å². The Labute approximate surface area is 214 Å². The lowest BCUT2D eigenvalue weighted by Gasteiger charge is -2.21. The normalized spacial score (nSPS) is 17.4. The number of carbonyl (C=O) groups excluding carboxylic acids is 2. The van der Waals surface area contributed by atoms with E-state index in [0.29, 0.717) is 68.5 Å². The predicted octanol–water partition coefficient (Wildman–Crippen LogP) is 3.65. The van der Waals surface area contributed by atoms with Gasteiger partial charge in [0.25, 0.3) is 0 Å². The molecule has 2 amide bonds. The summed E-state index contributed by atoms with van der Waals surface area (Å²) in [5.74, 6) is 1.74. The van der Waals surface area contributed by atoms with Crippen LogP contribution in [0.4, 0.5) is 10.5 Å². The number of benzene rings is 1. The molecule has 2 aliphatic rings. The fourth-order valence-electron chi connectivity index (χ4n) is 4.75. The van der Waals surface area contributed by atoms with Crippen molar-refractivity contribution in [2.75, 3.05) is 31.8 Å². The van der Waals surface area contributed by atoms with Crippen molar-refractivity contribution >= 4 is 28.7 Å². The van der Waals surface area contributed by atoms with Gasteiger partial charge < -0.3 is 24.3 Å². The molecule has 1 unspecified atom stereocenters. The van der Waals surface area contributed by atoms with E-state index in [9.17, 15) is 9.59 Å². The number of hydrogen-bond acceptors (Lipinski definition) is 8. The van der Waals surface area contributed by atoms with E-state index in [-0.39, 0.29) is 24.1 Å². The van der Waals surface area contributed by atoms with Gasteiger partial charge in [-0.15, -0.1) is 0 Å². The van der Waals surface area contributed by atoms with Crippen molar-refractivity contribution in [3.05, 3.63) is 48.2 Å². The van der Waals surface area contributed by atoms with Gasteiger partial charge in [0.1, 0.15) is 19.3 Å². The van der Waals surface area contributed by atoms with Crippen molar-refractivity contribution in [1.82, 2.24) is 15.3 Å². The highest BCUT2D eigenvalue weighted by atomic mass is 16.6. The summed E-state index contributed by atoms with van der Waals surface area (Å²) < 4.78 is 22.1. The monoisotopic (exact) mass is 506 g/mol. The number of nitrogens with zero attached hydrogens (tertiary/aromatic N) is 3. The number of nitrogens with one attached hydrogen (secondary N) is 1. The Kier molecular flexibility index (Phi) is 7.25. The number of aryl methyl sites for hydroxylation is 1. The molecule has 0 spiro atoms. The van der Waals surface area contributed by atoms with E-state index in [1.54, 1.807) is 30.3 Å². The van der Waals surface area contributed by atoms with E-state index in [1.165, 1.54) is 6.92 Å². The number of amides is 2. The minimum absolute atomic E-state index is 0.0756. The van der Waals surface area contributed by atoms with Crippen molar-refractivity contribution in [1.29, 1.82) is 0 Å². The van der Waals surface area contributed by atoms with E-state index in [2.05, 4.69) is 15.3 Å². The van der Waals surface area contributed by atoms with Gasteiger partial charge in [0, 0.05) is 31.3 Å². The molecule has 10 nitrogen and oxygen atoms in total. The van der Waals surface area contributed by atoms with Crippen LogP contribution < -0.4 is 24.4 Å². The van der Waals surface area contributed by atoms with Crippen LogP contribution in [0, 0.1) is 0 Å². The van der Waals surface area contributed by atoms with Crippen LogP contribution in [-0.4, -0.2) is 61.0 Å². The molecule has 3 aromatic rings. The molecule has 10 heteroatoms. The van der Waals surface area contributed by atoms with Crippen LogP contribution in [0.15, 0.2) is 42.6 Å². The number of ether oxygens (including phenoxy) is 4. The molecule has 1 fully saturated rings. The van der Waals surface area contributed by atoms with Crippen LogP contribution >= 0.6 is 0 Å². The number of methoxy groups -OCH3 is 1. The predicted molar refractivity (Wildman–Crippen MR) is 136 cm³/mol. The summed E-state index contributed by atoms with van der Waals surface area (Å²) in [6, 6.07) is 11.0. The molecule has 5 rings (SSSR count). The lowest BCUT2D eigenvalue weighted by Crippen LogP contribution is -2.34. The van der Waals surface area contributed by atoms with Crippen LogP contribution in [0.25, 0.3) is 11.0 Å². The molecular formula is C27H30N4O6. The van der Waals surface area contributed by atoms with Gasteiger partial charge in [0.15, 0.2) is 11.5 Å². The van der Waals surface area contributed by atoms with E-state index in [1.807, 2.05) is 24.3 Å². The molecule has 37 heavy (non-hydrogen) atoms. The van der Waals surface area contributed by atoms with Crippen molar-refractivity contribution in [3.63, 3.8) is 0 Å². The standard InChI is InChI=1S/C27H30N4O6/c1-17(32)29-19(4-3-18-11-12-28-22-8-10-25(34-2)30-26(18)22)5-7-21-16-31(27(33)37-21)20-6-9-23-24(15-20)36-14-13-35-23/h6,8-12,15,19,21H,3-5,7,13-14,16H2,1-2H3,(H,29,32)/t19-,21?/m1/s1. The molecule has 1 N–H and O–H groups in total. The number of aromatic nitrogens is 2. The summed E-state index contributed by atoms with van der Waals surface area (Å²) in [5.41, 5.74) is 3.34. The first-order valence-corrected chi connectivity index (χ1v) is 12.4. The van der Waals surface area contributed by atoms with Crippen molar-refractivity contribution in [3.8, 4) is 17.4 Å².